The molecule has 0 unspecified atom stereocenters. The molecule has 5 nitrogen and oxygen atoms in total. The first-order chi connectivity index (χ1) is 8.29. The van der Waals surface area contributed by atoms with Gasteiger partial charge in [0.15, 0.2) is 5.71 Å². The zero-order valence-electron chi connectivity index (χ0n) is 10.4. The molecule has 1 heterocycles. The Hall–Kier alpha value is -0.980. The van der Waals surface area contributed by atoms with Crippen molar-refractivity contribution in [2.45, 2.75) is 19.8 Å². The summed E-state index contributed by atoms with van der Waals surface area (Å²) in [4.78, 5) is 0. The second-order valence-corrected chi connectivity index (χ2v) is 4.92. The minimum atomic E-state index is -4.94. The molecule has 0 spiro atoms. The molecule has 0 aromatic heterocycles. The smallest absolute Gasteiger partial charge is 0.183 e. The van der Waals surface area contributed by atoms with E-state index < -0.39 is 10.2 Å². The van der Waals surface area contributed by atoms with Crippen LogP contribution in [-0.2, 0) is 0 Å². The number of nitrogens with zero attached hydrogens (tertiary/aromatic N) is 1. The van der Waals surface area contributed by atoms with E-state index in [1.165, 1.54) is 36.2 Å². The van der Waals surface area contributed by atoms with E-state index in [1.807, 2.05) is 0 Å². The van der Waals surface area contributed by atoms with Crippen molar-refractivity contribution < 1.29 is 33.5 Å². The van der Waals surface area contributed by atoms with E-state index in [-0.39, 0.29) is 0 Å². The second kappa shape index (κ2) is 6.26. The van der Waals surface area contributed by atoms with Gasteiger partial charge in [0.25, 0.3) is 0 Å². The Morgan fingerprint density at radius 2 is 1.67 bits per heavy atom. The standard InChI is InChI=1S/C12H16N.ClHO4/c1-10-6-3-4-7-11(10)12-8-5-9-13(12)2;2-1(3,4)5/h3-4,6-7H,5,8-9H2,1-2H3;(H,2,3,4,5)/q+1;/p-1. The molecule has 0 saturated heterocycles. The molecule has 2 rings (SSSR count). The fourth-order valence-corrected chi connectivity index (χ4v) is 2.05. The van der Waals surface area contributed by atoms with Gasteiger partial charge in [0.1, 0.15) is 13.6 Å². The Labute approximate surface area is 108 Å². The number of hydrogen-bond donors (Lipinski definition) is 0. The first kappa shape index (κ1) is 15.1. The van der Waals surface area contributed by atoms with E-state index in [2.05, 4.69) is 42.8 Å². The normalized spacial score (nSPS) is 15.4. The van der Waals surface area contributed by atoms with E-state index in [0.717, 1.165) is 0 Å². The third kappa shape index (κ3) is 5.12. The Bertz CT molecular complexity index is 434. The number of rotatable bonds is 1. The zero-order valence-corrected chi connectivity index (χ0v) is 11.1. The molecule has 0 fully saturated rings. The molecular weight excluding hydrogens is 258 g/mol. The monoisotopic (exact) mass is 273 g/mol. The van der Waals surface area contributed by atoms with Gasteiger partial charge in [-0.15, -0.1) is 10.2 Å². The van der Waals surface area contributed by atoms with Crippen LogP contribution in [0.1, 0.15) is 24.0 Å². The maximum absolute atomic E-state index is 8.49. The minimum Gasteiger partial charge on any atom is -0.236 e. The van der Waals surface area contributed by atoms with Crippen molar-refractivity contribution in [3.8, 4) is 0 Å². The molecule has 1 aromatic carbocycles. The number of hydrogen-bond acceptors (Lipinski definition) is 4. The topological polar surface area (TPSA) is 95.2 Å². The van der Waals surface area contributed by atoms with Crippen molar-refractivity contribution in [2.24, 2.45) is 0 Å². The summed E-state index contributed by atoms with van der Waals surface area (Å²) in [5.41, 5.74) is 4.34. The van der Waals surface area contributed by atoms with Gasteiger partial charge < -0.3 is 0 Å². The van der Waals surface area contributed by atoms with Gasteiger partial charge in [-0.2, -0.15) is 0 Å². The Morgan fingerprint density at radius 3 is 2.11 bits per heavy atom. The Kier molecular flexibility index (Phi) is 5.25. The van der Waals surface area contributed by atoms with Gasteiger partial charge in [0, 0.05) is 18.4 Å². The predicted molar refractivity (Wildman–Crippen MR) is 55.6 cm³/mol. The summed E-state index contributed by atoms with van der Waals surface area (Å²) in [6.45, 7) is 3.40. The van der Waals surface area contributed by atoms with E-state index >= 15 is 0 Å². The molecule has 1 aliphatic heterocycles. The Morgan fingerprint density at radius 1 is 1.11 bits per heavy atom. The molecule has 0 bridgehead atoms. The predicted octanol–water partition coefficient (Wildman–Crippen LogP) is -2.54. The van der Waals surface area contributed by atoms with Gasteiger partial charge >= 0.3 is 0 Å². The first-order valence-electron chi connectivity index (χ1n) is 5.54. The van der Waals surface area contributed by atoms with E-state index in [0.29, 0.717) is 0 Å². The van der Waals surface area contributed by atoms with E-state index in [4.69, 9.17) is 18.6 Å². The summed E-state index contributed by atoms with van der Waals surface area (Å²) < 4.78 is 36.3. The van der Waals surface area contributed by atoms with Crippen LogP contribution >= 0.6 is 0 Å². The molecule has 0 aliphatic carbocycles. The Balaban J connectivity index is 0.000000280. The average Bonchev–Trinajstić information content (AvgIpc) is 2.63. The summed E-state index contributed by atoms with van der Waals surface area (Å²) >= 11 is 0. The van der Waals surface area contributed by atoms with Crippen LogP contribution in [-0.4, -0.2) is 23.9 Å². The SMILES string of the molecule is Cc1ccccc1C1=[N+](C)CCC1.[O-][Cl+3]([O-])([O-])[O-]. The lowest BCUT2D eigenvalue weighted by Crippen LogP contribution is -2.68. The van der Waals surface area contributed by atoms with Crippen LogP contribution in [0, 0.1) is 17.2 Å². The molecule has 1 aromatic rings. The molecule has 0 radical (unpaired) electrons. The van der Waals surface area contributed by atoms with Crippen LogP contribution < -0.4 is 18.6 Å². The van der Waals surface area contributed by atoms with Crippen LogP contribution in [0.4, 0.5) is 0 Å². The van der Waals surface area contributed by atoms with Gasteiger partial charge in [-0.05, 0) is 18.6 Å². The minimum absolute atomic E-state index is 1.21. The van der Waals surface area contributed by atoms with Gasteiger partial charge in [0.2, 0.25) is 0 Å². The summed E-state index contributed by atoms with van der Waals surface area (Å²) in [6, 6.07) is 8.65. The highest BCUT2D eigenvalue weighted by Crippen LogP contribution is 2.15. The van der Waals surface area contributed by atoms with Crippen LogP contribution in [0.3, 0.4) is 0 Å². The van der Waals surface area contributed by atoms with Crippen LogP contribution in [0.2, 0.25) is 0 Å². The zero-order chi connectivity index (χ0) is 13.8. The molecule has 1 aliphatic rings. The highest BCUT2D eigenvalue weighted by molar-refractivity contribution is 5.98. The van der Waals surface area contributed by atoms with Crippen molar-refractivity contribution in [3.63, 3.8) is 0 Å². The highest BCUT2D eigenvalue weighted by Gasteiger charge is 2.21. The second-order valence-electron chi connectivity index (χ2n) is 4.16. The molecule has 18 heavy (non-hydrogen) atoms. The van der Waals surface area contributed by atoms with Gasteiger partial charge in [-0.25, -0.2) is 23.2 Å². The number of halogens is 1. The van der Waals surface area contributed by atoms with E-state index in [1.54, 1.807) is 0 Å². The number of aryl methyl sites for hydroxylation is 1. The summed E-state index contributed by atoms with van der Waals surface area (Å²) in [6.07, 6.45) is 2.54. The van der Waals surface area contributed by atoms with Gasteiger partial charge in [0.05, 0.1) is 0 Å². The van der Waals surface area contributed by atoms with Crippen LogP contribution in [0.25, 0.3) is 0 Å². The molecule has 0 saturated carbocycles. The highest BCUT2D eigenvalue weighted by atomic mass is 35.7. The van der Waals surface area contributed by atoms with Crippen molar-refractivity contribution in [1.82, 2.24) is 0 Å². The molecule has 0 amide bonds. The lowest BCUT2D eigenvalue weighted by atomic mass is 10.0. The molecule has 0 N–H and O–H groups in total. The molecular formula is C12H16ClNO4. The fourth-order valence-electron chi connectivity index (χ4n) is 2.05. The quantitative estimate of drug-likeness (QED) is 0.527. The summed E-state index contributed by atoms with van der Waals surface area (Å²) in [5, 5.41) is 0. The van der Waals surface area contributed by atoms with E-state index in [9.17, 15) is 0 Å². The molecule has 100 valence electrons. The maximum atomic E-state index is 8.49. The van der Waals surface area contributed by atoms with Crippen LogP contribution in [0.5, 0.6) is 0 Å². The molecule has 6 heteroatoms. The third-order valence-electron chi connectivity index (χ3n) is 2.82. The first-order valence-corrected chi connectivity index (χ1v) is 6.77. The van der Waals surface area contributed by atoms with Crippen molar-refractivity contribution >= 4 is 5.71 Å². The average molecular weight is 274 g/mol. The lowest BCUT2D eigenvalue weighted by Gasteiger charge is -2.17. The lowest BCUT2D eigenvalue weighted by molar-refractivity contribution is -2.00. The van der Waals surface area contributed by atoms with Crippen molar-refractivity contribution in [2.75, 3.05) is 13.6 Å². The fraction of sp³-hybridized carbons (Fsp3) is 0.417. The van der Waals surface area contributed by atoms with Gasteiger partial charge in [-0.3, -0.25) is 0 Å². The van der Waals surface area contributed by atoms with Crippen molar-refractivity contribution in [1.29, 1.82) is 0 Å². The largest absolute Gasteiger partial charge is 0.236 e. The third-order valence-corrected chi connectivity index (χ3v) is 2.82. The summed E-state index contributed by atoms with van der Waals surface area (Å²) in [5.74, 6) is 0. The number of benzene rings is 1. The molecule has 0 atom stereocenters. The summed E-state index contributed by atoms with van der Waals surface area (Å²) in [7, 11) is -2.76. The van der Waals surface area contributed by atoms with Gasteiger partial charge in [-0.1, -0.05) is 18.2 Å². The van der Waals surface area contributed by atoms with Crippen molar-refractivity contribution in [3.05, 3.63) is 35.4 Å². The maximum Gasteiger partial charge on any atom is 0.183 e. The van der Waals surface area contributed by atoms with Crippen LogP contribution in [0.15, 0.2) is 24.3 Å².